The van der Waals surface area contributed by atoms with Crippen molar-refractivity contribution in [1.29, 1.82) is 0 Å². The van der Waals surface area contributed by atoms with Crippen molar-refractivity contribution in [2.24, 2.45) is 0 Å². The summed E-state index contributed by atoms with van der Waals surface area (Å²) in [7, 11) is 0. The normalized spacial score (nSPS) is 13.5. The first kappa shape index (κ1) is 18.4. The van der Waals surface area contributed by atoms with Gasteiger partial charge < -0.3 is 19.9 Å². The van der Waals surface area contributed by atoms with E-state index in [-0.39, 0.29) is 18.5 Å². The zero-order valence-corrected chi connectivity index (χ0v) is 13.8. The zero-order chi connectivity index (χ0) is 17.2. The highest BCUT2D eigenvalue weighted by molar-refractivity contribution is 5.22. The van der Waals surface area contributed by atoms with Crippen molar-refractivity contribution >= 4 is 0 Å². The minimum atomic E-state index is -0.581. The number of aliphatic hydroxyl groups excluding tert-OH is 1. The number of halogens is 1. The van der Waals surface area contributed by atoms with E-state index in [0.717, 1.165) is 0 Å². The SMILES string of the molecule is C[C@H](NC[C@H](O)COCCOc1ccc(F)cc1)c1ccccc1. The van der Waals surface area contributed by atoms with Crippen molar-refractivity contribution < 1.29 is 19.0 Å². The summed E-state index contributed by atoms with van der Waals surface area (Å²) in [6.07, 6.45) is -0.581. The number of hydrogen-bond acceptors (Lipinski definition) is 4. The van der Waals surface area contributed by atoms with Gasteiger partial charge in [0.1, 0.15) is 18.2 Å². The van der Waals surface area contributed by atoms with Gasteiger partial charge in [-0.15, -0.1) is 0 Å². The lowest BCUT2D eigenvalue weighted by molar-refractivity contribution is 0.0242. The average Bonchev–Trinajstić information content (AvgIpc) is 2.61. The minimum Gasteiger partial charge on any atom is -0.491 e. The molecule has 0 heterocycles. The molecule has 0 unspecified atom stereocenters. The highest BCUT2D eigenvalue weighted by atomic mass is 19.1. The standard InChI is InChI=1S/C19H24FNO3/c1-15(16-5-3-2-4-6-16)21-13-18(22)14-23-11-12-24-19-9-7-17(20)8-10-19/h2-10,15,18,21-22H,11-14H2,1H3/t15-,18-/m0/s1. The number of aliphatic hydroxyl groups is 1. The fourth-order valence-electron chi connectivity index (χ4n) is 2.20. The number of nitrogens with one attached hydrogen (secondary N) is 1. The first-order chi connectivity index (χ1) is 11.6. The summed E-state index contributed by atoms with van der Waals surface area (Å²) in [6.45, 7) is 3.46. The van der Waals surface area contributed by atoms with Gasteiger partial charge >= 0.3 is 0 Å². The molecule has 24 heavy (non-hydrogen) atoms. The summed E-state index contributed by atoms with van der Waals surface area (Å²) < 4.78 is 23.5. The Morgan fingerprint density at radius 2 is 1.75 bits per heavy atom. The van der Waals surface area contributed by atoms with Crippen molar-refractivity contribution in [1.82, 2.24) is 5.32 Å². The van der Waals surface area contributed by atoms with E-state index in [2.05, 4.69) is 12.2 Å². The summed E-state index contributed by atoms with van der Waals surface area (Å²) in [5.41, 5.74) is 1.18. The molecule has 0 aliphatic carbocycles. The van der Waals surface area contributed by atoms with E-state index in [4.69, 9.17) is 9.47 Å². The Bertz CT molecular complexity index is 577. The average molecular weight is 333 g/mol. The first-order valence-electron chi connectivity index (χ1n) is 8.07. The third-order valence-corrected chi connectivity index (χ3v) is 3.58. The molecule has 0 aromatic heterocycles. The van der Waals surface area contributed by atoms with Gasteiger partial charge in [-0.1, -0.05) is 30.3 Å². The van der Waals surface area contributed by atoms with Gasteiger partial charge in [0.2, 0.25) is 0 Å². The van der Waals surface area contributed by atoms with E-state index >= 15 is 0 Å². The number of ether oxygens (including phenoxy) is 2. The second kappa shape index (κ2) is 10.0. The van der Waals surface area contributed by atoms with Crippen LogP contribution in [0.1, 0.15) is 18.5 Å². The molecule has 2 atom stereocenters. The predicted octanol–water partition coefficient (Wildman–Crippen LogP) is 2.93. The van der Waals surface area contributed by atoms with Crippen LogP contribution in [-0.2, 0) is 4.74 Å². The zero-order valence-electron chi connectivity index (χ0n) is 13.8. The molecule has 2 aromatic carbocycles. The van der Waals surface area contributed by atoms with Crippen LogP contribution in [0.3, 0.4) is 0 Å². The molecule has 2 aromatic rings. The quantitative estimate of drug-likeness (QED) is 0.657. The monoisotopic (exact) mass is 333 g/mol. The third-order valence-electron chi connectivity index (χ3n) is 3.58. The van der Waals surface area contributed by atoms with Crippen LogP contribution in [0.5, 0.6) is 5.75 Å². The maximum atomic E-state index is 12.7. The van der Waals surface area contributed by atoms with Crippen molar-refractivity contribution in [2.75, 3.05) is 26.4 Å². The molecule has 0 bridgehead atoms. The van der Waals surface area contributed by atoms with Gasteiger partial charge in [-0.2, -0.15) is 0 Å². The molecule has 0 radical (unpaired) electrons. The third kappa shape index (κ3) is 6.66. The maximum Gasteiger partial charge on any atom is 0.123 e. The largest absolute Gasteiger partial charge is 0.491 e. The molecule has 2 rings (SSSR count). The van der Waals surface area contributed by atoms with E-state index in [0.29, 0.717) is 25.5 Å². The summed E-state index contributed by atoms with van der Waals surface area (Å²) >= 11 is 0. The van der Waals surface area contributed by atoms with E-state index in [1.807, 2.05) is 30.3 Å². The van der Waals surface area contributed by atoms with Gasteiger partial charge in [-0.05, 0) is 36.8 Å². The molecule has 0 aliphatic heterocycles. The van der Waals surface area contributed by atoms with E-state index < -0.39 is 6.10 Å². The number of benzene rings is 2. The van der Waals surface area contributed by atoms with Gasteiger partial charge in [-0.3, -0.25) is 0 Å². The number of hydrogen-bond donors (Lipinski definition) is 2. The van der Waals surface area contributed by atoms with Crippen LogP contribution in [0, 0.1) is 5.82 Å². The second-order valence-electron chi connectivity index (χ2n) is 5.57. The van der Waals surface area contributed by atoms with Crippen LogP contribution in [0.4, 0.5) is 4.39 Å². The fraction of sp³-hybridized carbons (Fsp3) is 0.368. The molecule has 0 spiro atoms. The maximum absolute atomic E-state index is 12.7. The number of rotatable bonds is 10. The fourth-order valence-corrected chi connectivity index (χ4v) is 2.20. The Hall–Kier alpha value is -1.95. The Balaban J connectivity index is 1.55. The van der Waals surface area contributed by atoms with Crippen LogP contribution in [0.15, 0.2) is 54.6 Å². The minimum absolute atomic E-state index is 0.169. The molecule has 0 amide bonds. The van der Waals surface area contributed by atoms with Crippen LogP contribution < -0.4 is 10.1 Å². The molecule has 0 fully saturated rings. The van der Waals surface area contributed by atoms with Crippen molar-refractivity contribution in [3.63, 3.8) is 0 Å². The highest BCUT2D eigenvalue weighted by Crippen LogP contribution is 2.11. The molecule has 4 nitrogen and oxygen atoms in total. The molecular formula is C19H24FNO3. The van der Waals surface area contributed by atoms with Crippen LogP contribution in [-0.4, -0.2) is 37.6 Å². The summed E-state index contributed by atoms with van der Waals surface area (Å²) in [5.74, 6) is 0.304. The Morgan fingerprint density at radius 1 is 1.04 bits per heavy atom. The van der Waals surface area contributed by atoms with Gasteiger partial charge in [0.25, 0.3) is 0 Å². The van der Waals surface area contributed by atoms with E-state index in [1.165, 1.54) is 17.7 Å². The lowest BCUT2D eigenvalue weighted by Gasteiger charge is -2.17. The van der Waals surface area contributed by atoms with Crippen LogP contribution in [0.25, 0.3) is 0 Å². The van der Waals surface area contributed by atoms with Gasteiger partial charge in [0.15, 0.2) is 0 Å². The molecule has 130 valence electrons. The lowest BCUT2D eigenvalue weighted by atomic mass is 10.1. The summed E-state index contributed by atoms with van der Waals surface area (Å²) in [6, 6.07) is 16.1. The summed E-state index contributed by atoms with van der Waals surface area (Å²) in [5, 5.41) is 13.2. The van der Waals surface area contributed by atoms with Crippen molar-refractivity contribution in [3.05, 3.63) is 66.0 Å². The molecule has 0 saturated heterocycles. The molecule has 2 N–H and O–H groups in total. The molecule has 0 aliphatic rings. The van der Waals surface area contributed by atoms with Crippen LogP contribution in [0.2, 0.25) is 0 Å². The van der Waals surface area contributed by atoms with Crippen molar-refractivity contribution in [3.8, 4) is 5.75 Å². The first-order valence-corrected chi connectivity index (χ1v) is 8.07. The second-order valence-corrected chi connectivity index (χ2v) is 5.57. The van der Waals surface area contributed by atoms with Gasteiger partial charge in [-0.25, -0.2) is 4.39 Å². The lowest BCUT2D eigenvalue weighted by Crippen LogP contribution is -2.32. The predicted molar refractivity (Wildman–Crippen MR) is 91.6 cm³/mol. The molecular weight excluding hydrogens is 309 g/mol. The molecule has 5 heteroatoms. The van der Waals surface area contributed by atoms with E-state index in [9.17, 15) is 9.50 Å². The molecule has 0 saturated carbocycles. The Labute approximate surface area is 142 Å². The smallest absolute Gasteiger partial charge is 0.123 e. The Kier molecular flexibility index (Phi) is 7.68. The highest BCUT2D eigenvalue weighted by Gasteiger charge is 2.08. The summed E-state index contributed by atoms with van der Waals surface area (Å²) in [4.78, 5) is 0. The van der Waals surface area contributed by atoms with Crippen LogP contribution >= 0.6 is 0 Å². The van der Waals surface area contributed by atoms with E-state index in [1.54, 1.807) is 12.1 Å². The van der Waals surface area contributed by atoms with Gasteiger partial charge in [0.05, 0.1) is 19.3 Å². The van der Waals surface area contributed by atoms with Gasteiger partial charge in [0, 0.05) is 12.6 Å². The van der Waals surface area contributed by atoms with Crippen molar-refractivity contribution in [2.45, 2.75) is 19.1 Å². The Morgan fingerprint density at radius 3 is 2.46 bits per heavy atom. The topological polar surface area (TPSA) is 50.7 Å².